The Morgan fingerprint density at radius 2 is 0.636 bits per heavy atom. The van der Waals surface area contributed by atoms with E-state index in [4.69, 9.17) is 14.2 Å². The number of esters is 2. The minimum Gasteiger partial charge on any atom is -0.462 e. The lowest BCUT2D eigenvalue weighted by atomic mass is 10.1. The predicted octanol–water partition coefficient (Wildman–Crippen LogP) is 19.9. The Labute approximate surface area is 412 Å². The third-order valence-corrected chi connectivity index (χ3v) is 12.8. The van der Waals surface area contributed by atoms with Crippen LogP contribution in [0.2, 0.25) is 0 Å². The van der Waals surface area contributed by atoms with E-state index in [2.05, 4.69) is 69.4 Å². The molecule has 0 saturated heterocycles. The first kappa shape index (κ1) is 63.9. The van der Waals surface area contributed by atoms with Gasteiger partial charge in [-0.3, -0.25) is 9.59 Å². The maximum Gasteiger partial charge on any atom is 0.306 e. The number of unbranched alkanes of at least 4 members (excludes halogenated alkanes) is 35. The smallest absolute Gasteiger partial charge is 0.306 e. The summed E-state index contributed by atoms with van der Waals surface area (Å²) >= 11 is 0. The van der Waals surface area contributed by atoms with Crippen molar-refractivity contribution < 1.29 is 23.8 Å². The van der Waals surface area contributed by atoms with Gasteiger partial charge in [-0.05, 0) is 103 Å². The Morgan fingerprint density at radius 3 is 1.05 bits per heavy atom. The topological polar surface area (TPSA) is 61.8 Å². The van der Waals surface area contributed by atoms with Crippen LogP contribution in [0.5, 0.6) is 0 Å². The van der Waals surface area contributed by atoms with Crippen LogP contribution in [0.15, 0.2) is 48.6 Å². The van der Waals surface area contributed by atoms with Crippen molar-refractivity contribution in [1.29, 1.82) is 0 Å². The molecule has 0 aromatic carbocycles. The van der Waals surface area contributed by atoms with Crippen LogP contribution in [0.4, 0.5) is 0 Å². The van der Waals surface area contributed by atoms with Gasteiger partial charge in [-0.2, -0.15) is 0 Å². The fraction of sp³-hybridized carbons (Fsp3) is 0.836. The molecular weight excluding hydrogens is 813 g/mol. The van der Waals surface area contributed by atoms with Crippen molar-refractivity contribution in [3.63, 3.8) is 0 Å². The Kier molecular flexibility index (Phi) is 55.3. The third-order valence-electron chi connectivity index (χ3n) is 12.8. The molecule has 0 aromatic rings. The number of hydrogen-bond acceptors (Lipinski definition) is 5. The zero-order chi connectivity index (χ0) is 47.7. The van der Waals surface area contributed by atoms with Crippen molar-refractivity contribution in [2.75, 3.05) is 19.8 Å². The number of carbonyl (C=O) groups excluding carboxylic acids is 2. The molecule has 1 atom stereocenters. The Morgan fingerprint density at radius 1 is 0.333 bits per heavy atom. The SMILES string of the molecule is CCCCC/C=C\C/C=C\CCCCCCCC(=O)OC(COCCCCCCCC/C=C\CCCCCCCC)COC(=O)CCCCCCCCCCC/C=C\CCCCCCCC. The molecule has 0 bridgehead atoms. The first-order valence-corrected chi connectivity index (χ1v) is 29.2. The summed E-state index contributed by atoms with van der Waals surface area (Å²) in [5, 5.41) is 0. The highest BCUT2D eigenvalue weighted by Gasteiger charge is 2.17. The van der Waals surface area contributed by atoms with Crippen LogP contribution in [-0.2, 0) is 23.8 Å². The van der Waals surface area contributed by atoms with Gasteiger partial charge in [-0.25, -0.2) is 0 Å². The molecule has 0 spiro atoms. The second-order valence-corrected chi connectivity index (χ2v) is 19.5. The molecule has 1 unspecified atom stereocenters. The van der Waals surface area contributed by atoms with Crippen LogP contribution >= 0.6 is 0 Å². The summed E-state index contributed by atoms with van der Waals surface area (Å²) in [5.41, 5.74) is 0. The van der Waals surface area contributed by atoms with Crippen LogP contribution in [0, 0.1) is 0 Å². The summed E-state index contributed by atoms with van der Waals surface area (Å²) in [5.74, 6) is -0.405. The van der Waals surface area contributed by atoms with Crippen molar-refractivity contribution in [2.24, 2.45) is 0 Å². The van der Waals surface area contributed by atoms with E-state index in [0.717, 1.165) is 57.8 Å². The van der Waals surface area contributed by atoms with E-state index in [-0.39, 0.29) is 25.2 Å². The Balaban J connectivity index is 4.26. The maximum absolute atomic E-state index is 12.8. The molecule has 386 valence electrons. The van der Waals surface area contributed by atoms with Gasteiger partial charge < -0.3 is 14.2 Å². The molecule has 0 N–H and O–H groups in total. The van der Waals surface area contributed by atoms with Gasteiger partial charge in [0, 0.05) is 19.4 Å². The lowest BCUT2D eigenvalue weighted by molar-refractivity contribution is -0.163. The first-order chi connectivity index (χ1) is 32.6. The molecule has 0 fully saturated rings. The standard InChI is InChI=1S/C61H112O5/c1-4-7-10-13-16-19-22-25-28-30-31-32-34-36-39-42-45-48-51-54-60(62)65-58-59(57-64-56-53-50-47-44-41-38-35-29-26-23-20-17-14-11-8-5-2)66-61(63)55-52-49-46-43-40-37-33-27-24-21-18-15-12-9-6-3/h18,21,25-29,33,59H,4-17,19-20,22-24,30-32,34-58H2,1-3H3/b21-18-,28-25-,29-26-,33-27-. The molecule has 66 heavy (non-hydrogen) atoms. The van der Waals surface area contributed by atoms with Crippen LogP contribution in [-0.4, -0.2) is 37.9 Å². The fourth-order valence-corrected chi connectivity index (χ4v) is 8.41. The summed E-state index contributed by atoms with van der Waals surface area (Å²) < 4.78 is 17.5. The van der Waals surface area contributed by atoms with Gasteiger partial charge in [0.1, 0.15) is 6.61 Å². The fourth-order valence-electron chi connectivity index (χ4n) is 8.41. The van der Waals surface area contributed by atoms with Gasteiger partial charge >= 0.3 is 11.9 Å². The van der Waals surface area contributed by atoms with Crippen molar-refractivity contribution >= 4 is 11.9 Å². The molecule has 5 heteroatoms. The number of rotatable bonds is 54. The second kappa shape index (κ2) is 57.2. The Hall–Kier alpha value is -2.14. The summed E-state index contributed by atoms with van der Waals surface area (Å²) in [6, 6.07) is 0. The summed E-state index contributed by atoms with van der Waals surface area (Å²) in [6.45, 7) is 7.81. The largest absolute Gasteiger partial charge is 0.462 e. The van der Waals surface area contributed by atoms with Gasteiger partial charge in [-0.15, -0.1) is 0 Å². The highest BCUT2D eigenvalue weighted by Crippen LogP contribution is 2.15. The number of ether oxygens (including phenoxy) is 3. The molecule has 0 amide bonds. The van der Waals surface area contributed by atoms with Gasteiger partial charge in [-0.1, -0.05) is 236 Å². The van der Waals surface area contributed by atoms with Gasteiger partial charge in [0.05, 0.1) is 6.61 Å². The lowest BCUT2D eigenvalue weighted by Gasteiger charge is -2.18. The molecule has 0 radical (unpaired) electrons. The van der Waals surface area contributed by atoms with Crippen molar-refractivity contribution in [3.8, 4) is 0 Å². The van der Waals surface area contributed by atoms with Crippen molar-refractivity contribution in [1.82, 2.24) is 0 Å². The third kappa shape index (κ3) is 54.5. The molecule has 0 aliphatic carbocycles. The lowest BCUT2D eigenvalue weighted by Crippen LogP contribution is -2.30. The molecule has 5 nitrogen and oxygen atoms in total. The number of allylic oxidation sites excluding steroid dienone is 8. The molecule has 0 rings (SSSR count). The van der Waals surface area contributed by atoms with E-state index in [9.17, 15) is 9.59 Å². The van der Waals surface area contributed by atoms with Crippen LogP contribution in [0.1, 0.15) is 303 Å². The van der Waals surface area contributed by atoms with Crippen LogP contribution in [0.25, 0.3) is 0 Å². The number of carbonyl (C=O) groups is 2. The van der Waals surface area contributed by atoms with E-state index < -0.39 is 6.10 Å². The molecule has 0 aliphatic heterocycles. The first-order valence-electron chi connectivity index (χ1n) is 29.2. The average molecular weight is 926 g/mol. The molecule has 0 heterocycles. The zero-order valence-electron chi connectivity index (χ0n) is 44.5. The maximum atomic E-state index is 12.8. The normalized spacial score (nSPS) is 12.5. The molecule has 0 aliphatic rings. The summed E-state index contributed by atoms with van der Waals surface area (Å²) in [6.07, 6.45) is 71.3. The summed E-state index contributed by atoms with van der Waals surface area (Å²) in [4.78, 5) is 25.5. The van der Waals surface area contributed by atoms with Crippen LogP contribution < -0.4 is 0 Å². The van der Waals surface area contributed by atoms with Crippen molar-refractivity contribution in [2.45, 2.75) is 309 Å². The van der Waals surface area contributed by atoms with E-state index in [1.807, 2.05) is 0 Å². The second-order valence-electron chi connectivity index (χ2n) is 19.5. The monoisotopic (exact) mass is 925 g/mol. The zero-order valence-corrected chi connectivity index (χ0v) is 44.5. The minimum atomic E-state index is -0.547. The minimum absolute atomic E-state index is 0.0784. The highest BCUT2D eigenvalue weighted by atomic mass is 16.6. The van der Waals surface area contributed by atoms with E-state index >= 15 is 0 Å². The quantitative estimate of drug-likeness (QED) is 0.0345. The van der Waals surface area contributed by atoms with Gasteiger partial charge in [0.2, 0.25) is 0 Å². The highest BCUT2D eigenvalue weighted by molar-refractivity contribution is 5.70. The summed E-state index contributed by atoms with van der Waals surface area (Å²) in [7, 11) is 0. The number of hydrogen-bond donors (Lipinski definition) is 0. The molecular formula is C61H112O5. The van der Waals surface area contributed by atoms with Crippen molar-refractivity contribution in [3.05, 3.63) is 48.6 Å². The predicted molar refractivity (Wildman–Crippen MR) is 288 cm³/mol. The van der Waals surface area contributed by atoms with Gasteiger partial charge in [0.25, 0.3) is 0 Å². The van der Waals surface area contributed by atoms with Crippen LogP contribution in [0.3, 0.4) is 0 Å². The molecule has 0 aromatic heterocycles. The van der Waals surface area contributed by atoms with Gasteiger partial charge in [0.15, 0.2) is 6.10 Å². The Bertz CT molecular complexity index is 1090. The van der Waals surface area contributed by atoms with E-state index in [1.54, 1.807) is 0 Å². The average Bonchev–Trinajstić information content (AvgIpc) is 3.32. The van der Waals surface area contributed by atoms with E-state index in [1.165, 1.54) is 212 Å². The molecule has 0 saturated carbocycles. The van der Waals surface area contributed by atoms with E-state index in [0.29, 0.717) is 19.4 Å².